The summed E-state index contributed by atoms with van der Waals surface area (Å²) in [6.45, 7) is 0. The van der Waals surface area contributed by atoms with E-state index in [0.29, 0.717) is 26.3 Å². The van der Waals surface area contributed by atoms with Crippen molar-refractivity contribution in [2.24, 2.45) is 0 Å². The van der Waals surface area contributed by atoms with Crippen molar-refractivity contribution in [1.29, 1.82) is 0 Å². The van der Waals surface area contributed by atoms with Gasteiger partial charge in [0.05, 0.1) is 30.9 Å². The third kappa shape index (κ3) is 3.24. The van der Waals surface area contributed by atoms with E-state index in [1.54, 1.807) is 18.2 Å². The number of imide groups is 1. The first-order valence-electron chi connectivity index (χ1n) is 6.80. The standard InChI is InChI=1S/C15H6BrCl2N3O2S2/c16-5-1-11(24-10(5)4-12-14(22)21-15(23)25-12)13-19-8-2-6(17)7(18)3-9(8)20-13/h1-4H,(H,19,20)(H,21,22,23). The Labute approximate surface area is 167 Å². The Morgan fingerprint density at radius 3 is 2.64 bits per heavy atom. The number of amides is 2. The van der Waals surface area contributed by atoms with Crippen LogP contribution in [0.15, 0.2) is 27.6 Å². The van der Waals surface area contributed by atoms with Crippen LogP contribution in [0.1, 0.15) is 4.88 Å². The zero-order chi connectivity index (χ0) is 17.7. The number of H-pyrrole nitrogens is 1. The summed E-state index contributed by atoms with van der Waals surface area (Å²) in [6.07, 6.45) is 1.68. The lowest BCUT2D eigenvalue weighted by atomic mass is 10.3. The summed E-state index contributed by atoms with van der Waals surface area (Å²) >= 11 is 17.9. The van der Waals surface area contributed by atoms with Crippen molar-refractivity contribution < 1.29 is 9.59 Å². The van der Waals surface area contributed by atoms with Gasteiger partial charge in [-0.05, 0) is 52.0 Å². The summed E-state index contributed by atoms with van der Waals surface area (Å²) in [5.41, 5.74) is 1.50. The van der Waals surface area contributed by atoms with Crippen LogP contribution in [0.25, 0.3) is 27.8 Å². The molecule has 1 fully saturated rings. The first-order chi connectivity index (χ1) is 11.9. The molecule has 0 saturated carbocycles. The Bertz CT molecular complexity index is 1050. The number of halogens is 3. The topological polar surface area (TPSA) is 74.8 Å². The molecule has 1 aliphatic rings. The summed E-state index contributed by atoms with van der Waals surface area (Å²) in [7, 11) is 0. The quantitative estimate of drug-likeness (QED) is 0.468. The fraction of sp³-hybridized carbons (Fsp3) is 0. The highest BCUT2D eigenvalue weighted by atomic mass is 79.9. The van der Waals surface area contributed by atoms with Gasteiger partial charge < -0.3 is 4.98 Å². The predicted octanol–water partition coefficient (Wildman–Crippen LogP) is 5.68. The van der Waals surface area contributed by atoms with Crippen LogP contribution in [0, 0.1) is 0 Å². The molecule has 126 valence electrons. The molecule has 1 aliphatic heterocycles. The minimum atomic E-state index is -0.384. The minimum Gasteiger partial charge on any atom is -0.337 e. The van der Waals surface area contributed by atoms with E-state index >= 15 is 0 Å². The van der Waals surface area contributed by atoms with Crippen molar-refractivity contribution in [2.75, 3.05) is 0 Å². The molecule has 0 bridgehead atoms. The number of fused-ring (bicyclic) bond motifs is 1. The number of benzene rings is 1. The van der Waals surface area contributed by atoms with Crippen molar-refractivity contribution in [3.05, 3.63) is 42.5 Å². The lowest BCUT2D eigenvalue weighted by molar-refractivity contribution is -0.115. The molecule has 5 nitrogen and oxygen atoms in total. The Morgan fingerprint density at radius 1 is 1.16 bits per heavy atom. The van der Waals surface area contributed by atoms with Crippen LogP contribution in [-0.4, -0.2) is 21.1 Å². The molecular formula is C15H6BrCl2N3O2S2. The number of aromatic nitrogens is 2. The molecule has 0 radical (unpaired) electrons. The predicted molar refractivity (Wildman–Crippen MR) is 106 cm³/mol. The molecule has 0 unspecified atom stereocenters. The van der Waals surface area contributed by atoms with Gasteiger partial charge in [0, 0.05) is 9.35 Å². The zero-order valence-corrected chi connectivity index (χ0v) is 16.8. The van der Waals surface area contributed by atoms with E-state index in [-0.39, 0.29) is 11.1 Å². The fourth-order valence-corrected chi connectivity index (χ4v) is 5.00. The molecule has 25 heavy (non-hydrogen) atoms. The number of nitrogens with zero attached hydrogens (tertiary/aromatic N) is 1. The normalized spacial score (nSPS) is 16.2. The summed E-state index contributed by atoms with van der Waals surface area (Å²) in [5.74, 6) is 0.285. The number of carbonyl (C=O) groups excluding carboxylic acids is 2. The van der Waals surface area contributed by atoms with E-state index < -0.39 is 0 Å². The highest BCUT2D eigenvalue weighted by Crippen LogP contribution is 2.38. The Balaban J connectivity index is 1.74. The molecule has 4 rings (SSSR count). The van der Waals surface area contributed by atoms with E-state index in [4.69, 9.17) is 23.2 Å². The van der Waals surface area contributed by atoms with Crippen LogP contribution >= 0.6 is 62.2 Å². The van der Waals surface area contributed by atoms with Gasteiger partial charge in [-0.15, -0.1) is 11.3 Å². The summed E-state index contributed by atoms with van der Waals surface area (Å²) in [6, 6.07) is 5.33. The number of nitrogens with one attached hydrogen (secondary N) is 2. The Hall–Kier alpha value is -1.32. The van der Waals surface area contributed by atoms with Crippen LogP contribution < -0.4 is 5.32 Å². The van der Waals surface area contributed by atoms with Crippen LogP contribution in [0.5, 0.6) is 0 Å². The lowest BCUT2D eigenvalue weighted by Crippen LogP contribution is -2.17. The molecule has 10 heteroatoms. The van der Waals surface area contributed by atoms with Gasteiger partial charge in [-0.2, -0.15) is 0 Å². The number of imidazole rings is 1. The van der Waals surface area contributed by atoms with Gasteiger partial charge in [0.15, 0.2) is 0 Å². The molecule has 2 amide bonds. The van der Waals surface area contributed by atoms with Gasteiger partial charge in [-0.25, -0.2) is 4.98 Å². The number of thioether (sulfide) groups is 1. The molecule has 0 atom stereocenters. The van der Waals surface area contributed by atoms with Gasteiger partial charge in [0.1, 0.15) is 5.82 Å². The molecule has 3 aromatic rings. The Kier molecular flexibility index (Phi) is 4.41. The minimum absolute atomic E-state index is 0.363. The molecule has 2 aromatic heterocycles. The van der Waals surface area contributed by atoms with E-state index in [2.05, 4.69) is 31.2 Å². The van der Waals surface area contributed by atoms with Crippen molar-refractivity contribution in [3.8, 4) is 10.7 Å². The maximum Gasteiger partial charge on any atom is 0.290 e. The second kappa shape index (κ2) is 6.44. The largest absolute Gasteiger partial charge is 0.337 e. The van der Waals surface area contributed by atoms with Gasteiger partial charge >= 0.3 is 0 Å². The Morgan fingerprint density at radius 2 is 1.92 bits per heavy atom. The number of rotatable bonds is 2. The average Bonchev–Trinajstić information content (AvgIpc) is 3.19. The first kappa shape index (κ1) is 17.1. The molecule has 0 aliphatic carbocycles. The second-order valence-corrected chi connectivity index (χ2v) is 8.81. The van der Waals surface area contributed by atoms with Gasteiger partial charge in [0.2, 0.25) is 0 Å². The monoisotopic (exact) mass is 473 g/mol. The van der Waals surface area contributed by atoms with E-state index in [0.717, 1.165) is 31.5 Å². The third-order valence-electron chi connectivity index (χ3n) is 3.37. The molecule has 1 saturated heterocycles. The van der Waals surface area contributed by atoms with Crippen LogP contribution in [0.4, 0.5) is 4.79 Å². The molecular weight excluding hydrogens is 469 g/mol. The number of aromatic amines is 1. The molecule has 3 heterocycles. The summed E-state index contributed by atoms with van der Waals surface area (Å²) < 4.78 is 0.810. The number of hydrogen-bond acceptors (Lipinski definition) is 5. The van der Waals surface area contributed by atoms with Crippen LogP contribution in [-0.2, 0) is 4.79 Å². The second-order valence-electron chi connectivity index (χ2n) is 5.04. The fourth-order valence-electron chi connectivity index (χ4n) is 2.26. The van der Waals surface area contributed by atoms with Crippen molar-refractivity contribution in [1.82, 2.24) is 15.3 Å². The van der Waals surface area contributed by atoms with Gasteiger partial charge in [0.25, 0.3) is 11.1 Å². The summed E-state index contributed by atoms with van der Waals surface area (Å²) in [5, 5.41) is 2.77. The average molecular weight is 475 g/mol. The smallest absolute Gasteiger partial charge is 0.290 e. The maximum absolute atomic E-state index is 11.7. The van der Waals surface area contributed by atoms with Gasteiger partial charge in [-0.3, -0.25) is 14.9 Å². The van der Waals surface area contributed by atoms with Crippen LogP contribution in [0.3, 0.4) is 0 Å². The molecule has 2 N–H and O–H groups in total. The van der Waals surface area contributed by atoms with E-state index in [1.165, 1.54) is 11.3 Å². The van der Waals surface area contributed by atoms with E-state index in [9.17, 15) is 9.59 Å². The zero-order valence-electron chi connectivity index (χ0n) is 12.0. The first-order valence-corrected chi connectivity index (χ1v) is 9.98. The maximum atomic E-state index is 11.7. The highest BCUT2D eigenvalue weighted by Gasteiger charge is 2.25. The molecule has 0 spiro atoms. The van der Waals surface area contributed by atoms with Gasteiger partial charge in [-0.1, -0.05) is 23.2 Å². The highest BCUT2D eigenvalue weighted by molar-refractivity contribution is 9.10. The van der Waals surface area contributed by atoms with Crippen molar-refractivity contribution in [3.63, 3.8) is 0 Å². The number of hydrogen-bond donors (Lipinski definition) is 2. The third-order valence-corrected chi connectivity index (χ3v) is 6.91. The number of carbonyl (C=O) groups is 2. The number of thiophene rings is 1. The SMILES string of the molecule is O=C1NC(=O)C(=Cc2sc(-c3nc4cc(Cl)c(Cl)cc4[nH]3)cc2Br)S1. The van der Waals surface area contributed by atoms with Crippen molar-refractivity contribution >= 4 is 90.5 Å². The molecule has 1 aromatic carbocycles. The lowest BCUT2D eigenvalue weighted by Gasteiger charge is -1.93. The van der Waals surface area contributed by atoms with Crippen molar-refractivity contribution in [2.45, 2.75) is 0 Å². The van der Waals surface area contributed by atoms with Crippen LogP contribution in [0.2, 0.25) is 10.0 Å². The summed E-state index contributed by atoms with van der Waals surface area (Å²) in [4.78, 5) is 32.7. The van der Waals surface area contributed by atoms with E-state index in [1.807, 2.05) is 6.07 Å².